The van der Waals surface area contributed by atoms with Crippen molar-refractivity contribution in [1.82, 2.24) is 10.2 Å². The summed E-state index contributed by atoms with van der Waals surface area (Å²) in [4.78, 5) is 38.6. The fourth-order valence-corrected chi connectivity index (χ4v) is 3.21. The van der Waals surface area contributed by atoms with E-state index < -0.39 is 17.7 Å². The quantitative estimate of drug-likeness (QED) is 0.774. The summed E-state index contributed by atoms with van der Waals surface area (Å²) in [6.45, 7) is 6.85. The molecule has 27 heavy (non-hydrogen) atoms. The summed E-state index contributed by atoms with van der Waals surface area (Å²) < 4.78 is 19.5. The summed E-state index contributed by atoms with van der Waals surface area (Å²) in [7, 11) is 0. The van der Waals surface area contributed by atoms with Crippen molar-refractivity contribution in [3.05, 3.63) is 46.9 Å². The molecule has 146 valence electrons. The number of esters is 1. The van der Waals surface area contributed by atoms with Gasteiger partial charge in [-0.2, -0.15) is 0 Å². The molecule has 1 aromatic carbocycles. The van der Waals surface area contributed by atoms with Crippen molar-refractivity contribution in [2.45, 2.75) is 46.1 Å². The largest absolute Gasteiger partial charge is 0.463 e. The Hall–Kier alpha value is -2.70. The molecule has 1 aliphatic rings. The van der Waals surface area contributed by atoms with Gasteiger partial charge >= 0.3 is 5.97 Å². The van der Waals surface area contributed by atoms with Crippen LogP contribution in [0.1, 0.15) is 45.6 Å². The smallest absolute Gasteiger partial charge is 0.336 e. The van der Waals surface area contributed by atoms with Crippen LogP contribution in [-0.4, -0.2) is 41.9 Å². The molecule has 6 nitrogen and oxygen atoms in total. The van der Waals surface area contributed by atoms with E-state index in [2.05, 4.69) is 5.32 Å². The second-order valence-electron chi connectivity index (χ2n) is 6.70. The molecule has 0 radical (unpaired) electrons. The summed E-state index contributed by atoms with van der Waals surface area (Å²) in [5.74, 6) is -2.51. The molecule has 2 rings (SSSR count). The molecule has 0 fully saturated rings. The van der Waals surface area contributed by atoms with Crippen LogP contribution in [0.3, 0.4) is 0 Å². The van der Waals surface area contributed by atoms with E-state index in [1.54, 1.807) is 32.0 Å². The predicted octanol–water partition coefficient (Wildman–Crippen LogP) is 2.50. The highest BCUT2D eigenvalue weighted by Gasteiger charge is 2.38. The second-order valence-corrected chi connectivity index (χ2v) is 6.70. The summed E-state index contributed by atoms with van der Waals surface area (Å²) in [6, 6.07) is 5.98. The maximum Gasteiger partial charge on any atom is 0.336 e. The van der Waals surface area contributed by atoms with Crippen LogP contribution >= 0.6 is 0 Å². The number of allylic oxidation sites excluding steroid dienone is 1. The number of carbonyl (C=O) groups is 3. The number of halogens is 1. The molecule has 1 atom stereocenters. The minimum absolute atomic E-state index is 0.0719. The Bertz CT molecular complexity index is 773. The highest BCUT2D eigenvalue weighted by molar-refractivity contribution is 5.97. The Morgan fingerprint density at radius 2 is 2.00 bits per heavy atom. The van der Waals surface area contributed by atoms with E-state index in [-0.39, 0.29) is 48.6 Å². The number of hydrogen-bond donors (Lipinski definition) is 1. The maximum atomic E-state index is 14.3. The first-order valence-electron chi connectivity index (χ1n) is 8.98. The van der Waals surface area contributed by atoms with Crippen molar-refractivity contribution in [1.29, 1.82) is 0 Å². The number of benzene rings is 1. The van der Waals surface area contributed by atoms with E-state index in [9.17, 15) is 18.8 Å². The van der Waals surface area contributed by atoms with Gasteiger partial charge in [0.15, 0.2) is 0 Å². The lowest BCUT2D eigenvalue weighted by Gasteiger charge is -2.34. The van der Waals surface area contributed by atoms with Crippen LogP contribution < -0.4 is 5.32 Å². The van der Waals surface area contributed by atoms with Crippen LogP contribution in [0, 0.1) is 5.82 Å². The van der Waals surface area contributed by atoms with Gasteiger partial charge in [-0.25, -0.2) is 9.18 Å². The van der Waals surface area contributed by atoms with Gasteiger partial charge in [-0.3, -0.25) is 9.59 Å². The Labute approximate surface area is 158 Å². The molecule has 1 heterocycles. The molecule has 0 aromatic heterocycles. The molecule has 0 unspecified atom stereocenters. The van der Waals surface area contributed by atoms with Crippen molar-refractivity contribution in [2.24, 2.45) is 0 Å². The third kappa shape index (κ3) is 4.72. The van der Waals surface area contributed by atoms with Crippen molar-refractivity contribution >= 4 is 17.8 Å². The van der Waals surface area contributed by atoms with E-state index >= 15 is 0 Å². The summed E-state index contributed by atoms with van der Waals surface area (Å²) >= 11 is 0. The van der Waals surface area contributed by atoms with Crippen molar-refractivity contribution in [3.63, 3.8) is 0 Å². The third-order valence-corrected chi connectivity index (χ3v) is 4.35. The number of nitrogens with one attached hydrogen (secondary N) is 1. The van der Waals surface area contributed by atoms with E-state index in [0.717, 1.165) is 0 Å². The number of nitrogens with zero attached hydrogens (tertiary/aromatic N) is 1. The van der Waals surface area contributed by atoms with Crippen molar-refractivity contribution < 1.29 is 23.5 Å². The Balaban J connectivity index is 2.46. The molecule has 0 saturated heterocycles. The highest BCUT2D eigenvalue weighted by atomic mass is 19.1. The van der Waals surface area contributed by atoms with E-state index in [1.807, 2.05) is 13.8 Å². The van der Waals surface area contributed by atoms with Crippen LogP contribution in [-0.2, 0) is 19.1 Å². The minimum atomic E-state index is -0.748. The van der Waals surface area contributed by atoms with Crippen LogP contribution in [0.4, 0.5) is 4.39 Å². The minimum Gasteiger partial charge on any atom is -0.463 e. The van der Waals surface area contributed by atoms with Gasteiger partial charge in [0.1, 0.15) is 12.4 Å². The summed E-state index contributed by atoms with van der Waals surface area (Å²) in [6.07, 6.45) is -0.110. The SMILES string of the molecule is CCOC(=O)C1=C(C)N(CC(=O)NC(C)C)C(=O)C[C@H]1c1ccccc1F. The van der Waals surface area contributed by atoms with Crippen molar-refractivity contribution in [3.8, 4) is 0 Å². The van der Waals surface area contributed by atoms with Crippen LogP contribution in [0.2, 0.25) is 0 Å². The predicted molar refractivity (Wildman–Crippen MR) is 98.1 cm³/mol. The molecular weight excluding hydrogens is 351 g/mol. The zero-order chi connectivity index (χ0) is 20.1. The Kier molecular flexibility index (Phi) is 6.71. The molecule has 0 spiro atoms. The Morgan fingerprint density at radius 1 is 1.33 bits per heavy atom. The summed E-state index contributed by atoms with van der Waals surface area (Å²) in [5.41, 5.74) is 0.787. The molecule has 0 aliphatic carbocycles. The second kappa shape index (κ2) is 8.79. The topological polar surface area (TPSA) is 75.7 Å². The first kappa shape index (κ1) is 20.6. The fourth-order valence-electron chi connectivity index (χ4n) is 3.21. The zero-order valence-electron chi connectivity index (χ0n) is 16.0. The number of hydrogen-bond acceptors (Lipinski definition) is 4. The first-order valence-corrected chi connectivity index (χ1v) is 8.98. The maximum absolute atomic E-state index is 14.3. The molecule has 1 N–H and O–H groups in total. The van der Waals surface area contributed by atoms with Gasteiger partial charge in [0.05, 0.1) is 12.2 Å². The summed E-state index contributed by atoms with van der Waals surface area (Å²) in [5, 5.41) is 2.72. The van der Waals surface area contributed by atoms with Gasteiger partial charge in [-0.1, -0.05) is 18.2 Å². The van der Waals surface area contributed by atoms with Crippen LogP contribution in [0.15, 0.2) is 35.5 Å². The monoisotopic (exact) mass is 376 g/mol. The highest BCUT2D eigenvalue weighted by Crippen LogP contribution is 2.37. The molecule has 0 bridgehead atoms. The zero-order valence-corrected chi connectivity index (χ0v) is 16.0. The van der Waals surface area contributed by atoms with Gasteiger partial charge in [0.25, 0.3) is 0 Å². The number of rotatable bonds is 6. The number of ether oxygens (including phenoxy) is 1. The number of carbonyl (C=O) groups excluding carboxylic acids is 3. The lowest BCUT2D eigenvalue weighted by molar-refractivity contribution is -0.141. The van der Waals surface area contributed by atoms with Gasteiger partial charge in [0, 0.05) is 24.1 Å². The van der Waals surface area contributed by atoms with Gasteiger partial charge in [-0.05, 0) is 39.3 Å². The van der Waals surface area contributed by atoms with Crippen LogP contribution in [0.5, 0.6) is 0 Å². The van der Waals surface area contributed by atoms with Crippen molar-refractivity contribution in [2.75, 3.05) is 13.2 Å². The van der Waals surface area contributed by atoms with Crippen LogP contribution in [0.25, 0.3) is 0 Å². The average molecular weight is 376 g/mol. The first-order chi connectivity index (χ1) is 12.8. The molecule has 1 aliphatic heterocycles. The van der Waals surface area contributed by atoms with Gasteiger partial charge < -0.3 is 15.0 Å². The Morgan fingerprint density at radius 3 is 2.59 bits per heavy atom. The molecule has 7 heteroatoms. The molecule has 0 saturated carbocycles. The molecule has 1 aromatic rings. The normalized spacial score (nSPS) is 17.3. The third-order valence-electron chi connectivity index (χ3n) is 4.35. The lowest BCUT2D eigenvalue weighted by Crippen LogP contribution is -2.45. The van der Waals surface area contributed by atoms with Gasteiger partial charge in [0.2, 0.25) is 11.8 Å². The molecular formula is C20H25FN2O4. The number of amides is 2. The van der Waals surface area contributed by atoms with E-state index in [4.69, 9.17) is 4.74 Å². The van der Waals surface area contributed by atoms with E-state index in [0.29, 0.717) is 5.70 Å². The van der Waals surface area contributed by atoms with E-state index in [1.165, 1.54) is 11.0 Å². The average Bonchev–Trinajstić information content (AvgIpc) is 2.58. The molecule has 2 amide bonds. The van der Waals surface area contributed by atoms with Gasteiger partial charge in [-0.15, -0.1) is 0 Å². The lowest BCUT2D eigenvalue weighted by atomic mass is 9.83. The standard InChI is InChI=1S/C20H25FN2O4/c1-5-27-20(26)19-13(4)23(11-17(24)22-12(2)3)18(25)10-15(19)14-8-6-7-9-16(14)21/h6-9,12,15H,5,10-11H2,1-4H3,(H,22,24)/t15-/m0/s1. The fraction of sp³-hybridized carbons (Fsp3) is 0.450.